The minimum absolute atomic E-state index is 0.971. The van der Waals surface area contributed by atoms with Gasteiger partial charge in [0, 0.05) is 11.6 Å². The first-order chi connectivity index (χ1) is 10.8. The predicted octanol–water partition coefficient (Wildman–Crippen LogP) is 4.30. The third kappa shape index (κ3) is 2.25. The number of fused-ring (bicyclic) bond motifs is 2. The van der Waals surface area contributed by atoms with Crippen LogP contribution in [0, 0.1) is 6.92 Å². The second-order valence-electron chi connectivity index (χ2n) is 5.07. The number of nitrogens with one attached hydrogen (secondary N) is 1. The average molecular weight is 306 g/mol. The highest BCUT2D eigenvalue weighted by Gasteiger charge is 2.06. The van der Waals surface area contributed by atoms with Gasteiger partial charge in [0.05, 0.1) is 23.3 Å². The lowest BCUT2D eigenvalue weighted by molar-refractivity contribution is 1.19. The zero-order chi connectivity index (χ0) is 14.9. The molecule has 0 spiro atoms. The molecule has 4 aromatic rings. The maximum atomic E-state index is 4.50. The van der Waals surface area contributed by atoms with Gasteiger partial charge in [0.15, 0.2) is 4.96 Å². The number of nitrogens with zero attached hydrogens (tertiary/aromatic N) is 3. The molecule has 5 heteroatoms. The van der Waals surface area contributed by atoms with E-state index < -0.39 is 0 Å². The number of thiazole rings is 1. The Morgan fingerprint density at radius 2 is 2.05 bits per heavy atom. The summed E-state index contributed by atoms with van der Waals surface area (Å²) in [4.78, 5) is 5.49. The summed E-state index contributed by atoms with van der Waals surface area (Å²) in [5, 5.41) is 8.80. The summed E-state index contributed by atoms with van der Waals surface area (Å²) >= 11 is 1.62. The quantitative estimate of drug-likeness (QED) is 0.453. The van der Waals surface area contributed by atoms with E-state index in [2.05, 4.69) is 39.8 Å². The highest BCUT2D eigenvalue weighted by atomic mass is 32.1. The monoisotopic (exact) mass is 306 g/mol. The van der Waals surface area contributed by atoms with E-state index in [1.54, 1.807) is 11.3 Å². The third-order valence-corrected chi connectivity index (χ3v) is 4.37. The van der Waals surface area contributed by atoms with E-state index in [1.165, 1.54) is 10.8 Å². The molecule has 0 radical (unpaired) electrons. The smallest absolute Gasteiger partial charge is 0.194 e. The number of benzene rings is 2. The minimum atomic E-state index is 0.971. The van der Waals surface area contributed by atoms with Crippen LogP contribution in [0.5, 0.6) is 0 Å². The lowest BCUT2D eigenvalue weighted by Gasteiger charge is -2.02. The molecule has 4 nitrogen and oxygen atoms in total. The van der Waals surface area contributed by atoms with Gasteiger partial charge in [0.25, 0.3) is 0 Å². The molecule has 0 aliphatic rings. The molecule has 0 aliphatic heterocycles. The van der Waals surface area contributed by atoms with Crippen LogP contribution in [0.1, 0.15) is 11.4 Å². The van der Waals surface area contributed by atoms with Crippen LogP contribution in [0.15, 0.2) is 59.1 Å². The number of imidazole rings is 1. The fourth-order valence-electron chi connectivity index (χ4n) is 2.49. The minimum Gasteiger partial charge on any atom is -0.289 e. The molecule has 0 saturated heterocycles. The molecule has 2 aromatic carbocycles. The third-order valence-electron chi connectivity index (χ3n) is 3.61. The van der Waals surface area contributed by atoms with Gasteiger partial charge < -0.3 is 0 Å². The Kier molecular flexibility index (Phi) is 3.12. The van der Waals surface area contributed by atoms with Crippen molar-refractivity contribution in [1.82, 2.24) is 9.38 Å². The summed E-state index contributed by atoms with van der Waals surface area (Å²) < 4.78 is 2.05. The second-order valence-corrected chi connectivity index (χ2v) is 5.94. The van der Waals surface area contributed by atoms with E-state index in [0.29, 0.717) is 0 Å². The number of anilines is 1. The van der Waals surface area contributed by atoms with Gasteiger partial charge in [-0.2, -0.15) is 5.10 Å². The zero-order valence-electron chi connectivity index (χ0n) is 12.0. The molecule has 4 rings (SSSR count). The van der Waals surface area contributed by atoms with E-state index in [4.69, 9.17) is 0 Å². The number of hydrogen-bond acceptors (Lipinski definition) is 4. The summed E-state index contributed by atoms with van der Waals surface area (Å²) in [5.41, 5.74) is 6.05. The van der Waals surface area contributed by atoms with Gasteiger partial charge in [-0.15, -0.1) is 11.3 Å². The molecule has 0 unspecified atom stereocenters. The topological polar surface area (TPSA) is 41.7 Å². The maximum Gasteiger partial charge on any atom is 0.194 e. The molecule has 1 N–H and O–H groups in total. The van der Waals surface area contributed by atoms with Crippen LogP contribution in [0.2, 0.25) is 0 Å². The second kappa shape index (κ2) is 5.27. The van der Waals surface area contributed by atoms with E-state index in [0.717, 1.165) is 22.0 Å². The van der Waals surface area contributed by atoms with Crippen molar-refractivity contribution in [3.63, 3.8) is 0 Å². The van der Waals surface area contributed by atoms with Crippen molar-refractivity contribution in [2.24, 2.45) is 5.10 Å². The standard InChI is InChI=1S/C17H14N4S/c1-12-16(21-8-9-22-17(21)19-12)11-18-20-15-7-6-13-4-2-3-5-14(13)10-15/h2-11,20H,1H3/b18-11-. The summed E-state index contributed by atoms with van der Waals surface area (Å²) in [7, 11) is 0. The molecule has 0 amide bonds. The molecule has 108 valence electrons. The molecule has 0 aliphatic carbocycles. The Balaban J connectivity index is 1.60. The van der Waals surface area contributed by atoms with E-state index in [-0.39, 0.29) is 0 Å². The Hall–Kier alpha value is -2.66. The summed E-state index contributed by atoms with van der Waals surface area (Å²) in [6.07, 6.45) is 3.83. The molecule has 2 heterocycles. The Labute approximate surface area is 131 Å². The number of aryl methyl sites for hydroxylation is 1. The lowest BCUT2D eigenvalue weighted by Crippen LogP contribution is -1.94. The highest BCUT2D eigenvalue weighted by Crippen LogP contribution is 2.19. The summed E-state index contributed by atoms with van der Waals surface area (Å²) in [5.74, 6) is 0. The largest absolute Gasteiger partial charge is 0.289 e. The van der Waals surface area contributed by atoms with Crippen LogP contribution in [-0.2, 0) is 0 Å². The van der Waals surface area contributed by atoms with Crippen molar-refractivity contribution in [1.29, 1.82) is 0 Å². The first-order valence-corrected chi connectivity index (χ1v) is 7.89. The molecule has 0 fully saturated rings. The van der Waals surface area contributed by atoms with Crippen LogP contribution in [-0.4, -0.2) is 15.6 Å². The molecule has 0 bridgehead atoms. The predicted molar refractivity (Wildman–Crippen MR) is 93.0 cm³/mol. The number of rotatable bonds is 3. The van der Waals surface area contributed by atoms with Crippen LogP contribution in [0.4, 0.5) is 5.69 Å². The normalized spacial score (nSPS) is 11.7. The van der Waals surface area contributed by atoms with Gasteiger partial charge in [-0.1, -0.05) is 30.3 Å². The molecule has 0 saturated carbocycles. The number of hydrazone groups is 1. The molecule has 22 heavy (non-hydrogen) atoms. The molecule has 0 atom stereocenters. The van der Waals surface area contributed by atoms with Crippen LogP contribution in [0.25, 0.3) is 15.7 Å². The van der Waals surface area contributed by atoms with Gasteiger partial charge in [-0.25, -0.2) is 4.98 Å². The van der Waals surface area contributed by atoms with Crippen LogP contribution in [0.3, 0.4) is 0 Å². The number of hydrogen-bond donors (Lipinski definition) is 1. The maximum absolute atomic E-state index is 4.50. The van der Waals surface area contributed by atoms with E-state index >= 15 is 0 Å². The van der Waals surface area contributed by atoms with Crippen molar-refractivity contribution in [3.05, 3.63) is 65.4 Å². The van der Waals surface area contributed by atoms with E-state index in [1.807, 2.05) is 47.3 Å². The van der Waals surface area contributed by atoms with Crippen molar-refractivity contribution in [3.8, 4) is 0 Å². The van der Waals surface area contributed by atoms with Gasteiger partial charge in [-0.05, 0) is 29.8 Å². The van der Waals surface area contributed by atoms with Crippen LogP contribution < -0.4 is 5.43 Å². The Morgan fingerprint density at radius 3 is 2.95 bits per heavy atom. The van der Waals surface area contributed by atoms with Crippen LogP contribution >= 0.6 is 11.3 Å². The van der Waals surface area contributed by atoms with Crippen molar-refractivity contribution >= 4 is 39.0 Å². The van der Waals surface area contributed by atoms with Gasteiger partial charge in [-0.3, -0.25) is 9.83 Å². The summed E-state index contributed by atoms with van der Waals surface area (Å²) in [6.45, 7) is 2.00. The van der Waals surface area contributed by atoms with Gasteiger partial charge in [0.1, 0.15) is 0 Å². The average Bonchev–Trinajstić information content (AvgIpc) is 3.09. The van der Waals surface area contributed by atoms with Crippen molar-refractivity contribution in [2.45, 2.75) is 6.92 Å². The number of aromatic nitrogens is 2. The lowest BCUT2D eigenvalue weighted by atomic mass is 10.1. The molecular formula is C17H14N4S. The first-order valence-electron chi connectivity index (χ1n) is 7.01. The zero-order valence-corrected chi connectivity index (χ0v) is 12.8. The molecule has 2 aromatic heterocycles. The SMILES string of the molecule is Cc1nc2sccn2c1/C=N\Nc1ccc2ccccc2c1. The van der Waals surface area contributed by atoms with Gasteiger partial charge >= 0.3 is 0 Å². The first kappa shape index (κ1) is 13.0. The Morgan fingerprint density at radius 1 is 1.18 bits per heavy atom. The van der Waals surface area contributed by atoms with Crippen molar-refractivity contribution in [2.75, 3.05) is 5.43 Å². The molecular weight excluding hydrogens is 292 g/mol. The fourth-order valence-corrected chi connectivity index (χ4v) is 3.26. The van der Waals surface area contributed by atoms with Gasteiger partial charge in [0.2, 0.25) is 0 Å². The Bertz CT molecular complexity index is 981. The highest BCUT2D eigenvalue weighted by molar-refractivity contribution is 7.15. The summed E-state index contributed by atoms with van der Waals surface area (Å²) in [6, 6.07) is 14.5. The fraction of sp³-hybridized carbons (Fsp3) is 0.0588. The van der Waals surface area contributed by atoms with Crippen molar-refractivity contribution < 1.29 is 0 Å². The van der Waals surface area contributed by atoms with E-state index in [9.17, 15) is 0 Å².